The lowest BCUT2D eigenvalue weighted by Gasteiger charge is -2.25. The summed E-state index contributed by atoms with van der Waals surface area (Å²) in [7, 11) is 0. The maximum atomic E-state index is 11.9. The van der Waals surface area contributed by atoms with Crippen molar-refractivity contribution in [3.63, 3.8) is 0 Å². The number of carbonyl (C=O) groups excluding carboxylic acids is 2. The van der Waals surface area contributed by atoms with Crippen LogP contribution in [-0.2, 0) is 20.9 Å². The average Bonchev–Trinajstić information content (AvgIpc) is 2.63. The fourth-order valence-electron chi connectivity index (χ4n) is 1.65. The summed E-state index contributed by atoms with van der Waals surface area (Å²) in [5, 5.41) is 0. The summed E-state index contributed by atoms with van der Waals surface area (Å²) >= 11 is 0. The first-order valence-corrected chi connectivity index (χ1v) is 5.67. The van der Waals surface area contributed by atoms with Gasteiger partial charge in [0.1, 0.15) is 12.1 Å². The third-order valence-corrected chi connectivity index (χ3v) is 2.92. The Morgan fingerprint density at radius 1 is 1.39 bits per heavy atom. The van der Waals surface area contributed by atoms with Crippen LogP contribution >= 0.6 is 0 Å². The monoisotopic (exact) mass is 249 g/mol. The van der Waals surface area contributed by atoms with Crippen LogP contribution in [0.4, 0.5) is 4.79 Å². The van der Waals surface area contributed by atoms with Crippen LogP contribution in [0.1, 0.15) is 19.4 Å². The predicted octanol–water partition coefficient (Wildman–Crippen LogP) is 1.92. The van der Waals surface area contributed by atoms with Gasteiger partial charge >= 0.3 is 12.1 Å². The van der Waals surface area contributed by atoms with Gasteiger partial charge in [0.25, 0.3) is 0 Å². The van der Waals surface area contributed by atoms with Crippen molar-refractivity contribution < 1.29 is 19.1 Å². The summed E-state index contributed by atoms with van der Waals surface area (Å²) in [4.78, 5) is 24.5. The van der Waals surface area contributed by atoms with Crippen molar-refractivity contribution >= 4 is 12.1 Å². The van der Waals surface area contributed by atoms with Gasteiger partial charge in [-0.2, -0.15) is 0 Å². The minimum atomic E-state index is -0.965. The number of benzene rings is 1. The topological polar surface area (TPSA) is 55.8 Å². The molecule has 1 amide bonds. The van der Waals surface area contributed by atoms with Crippen LogP contribution in [0.3, 0.4) is 0 Å². The van der Waals surface area contributed by atoms with Crippen molar-refractivity contribution in [2.24, 2.45) is 0 Å². The highest BCUT2D eigenvalue weighted by Crippen LogP contribution is 2.24. The van der Waals surface area contributed by atoms with Crippen LogP contribution in [0, 0.1) is 0 Å². The summed E-state index contributed by atoms with van der Waals surface area (Å²) in [6, 6.07) is 9.36. The van der Waals surface area contributed by atoms with E-state index >= 15 is 0 Å². The molecule has 0 bridgehead atoms. The Bertz CT molecular complexity index is 455. The van der Waals surface area contributed by atoms with E-state index in [0.717, 1.165) is 5.56 Å². The molecular formula is C13H15NO4. The van der Waals surface area contributed by atoms with Crippen LogP contribution in [-0.4, -0.2) is 29.2 Å². The van der Waals surface area contributed by atoms with E-state index in [1.54, 1.807) is 13.8 Å². The van der Waals surface area contributed by atoms with Crippen LogP contribution in [0.2, 0.25) is 0 Å². The quantitative estimate of drug-likeness (QED) is 0.751. The van der Waals surface area contributed by atoms with Crippen molar-refractivity contribution in [1.82, 2.24) is 4.90 Å². The van der Waals surface area contributed by atoms with E-state index in [0.29, 0.717) is 0 Å². The second kappa shape index (κ2) is 4.68. The number of ether oxygens (including phenoxy) is 2. The summed E-state index contributed by atoms with van der Waals surface area (Å²) in [5.74, 6) is -0.417. The summed E-state index contributed by atoms with van der Waals surface area (Å²) in [5.41, 5.74) is -0.0663. The molecule has 0 aromatic heterocycles. The van der Waals surface area contributed by atoms with Crippen LogP contribution in [0.5, 0.6) is 0 Å². The van der Waals surface area contributed by atoms with Gasteiger partial charge in [0.05, 0.1) is 0 Å². The Hall–Kier alpha value is -2.04. The van der Waals surface area contributed by atoms with Gasteiger partial charge in [-0.3, -0.25) is 4.90 Å². The Kier molecular flexibility index (Phi) is 3.23. The fourth-order valence-corrected chi connectivity index (χ4v) is 1.65. The first-order chi connectivity index (χ1) is 8.51. The normalized spacial score (nSPS) is 17.4. The highest BCUT2D eigenvalue weighted by Gasteiger charge is 2.46. The van der Waals surface area contributed by atoms with Crippen LogP contribution in [0.25, 0.3) is 0 Å². The molecule has 1 saturated heterocycles. The van der Waals surface area contributed by atoms with Crippen molar-refractivity contribution in [3.05, 3.63) is 35.9 Å². The molecule has 2 rings (SSSR count). The maximum Gasteiger partial charge on any atom is 0.413 e. The van der Waals surface area contributed by atoms with Crippen LogP contribution in [0.15, 0.2) is 30.3 Å². The lowest BCUT2D eigenvalue weighted by molar-refractivity contribution is -0.141. The molecule has 1 aromatic carbocycles. The summed E-state index contributed by atoms with van der Waals surface area (Å²) in [6.07, 6.45) is -0.547. The molecule has 0 spiro atoms. The lowest BCUT2D eigenvalue weighted by Crippen LogP contribution is -2.46. The van der Waals surface area contributed by atoms with Gasteiger partial charge in [-0.25, -0.2) is 9.59 Å². The number of carbonyl (C=O) groups is 2. The number of hydrogen-bond acceptors (Lipinski definition) is 4. The standard InChI is InChI=1S/C13H15NO4/c1-13(2)11(15)18-9-14(13)12(16)17-8-10-6-4-3-5-7-10/h3-7H,8-9H2,1-2H3. The molecule has 18 heavy (non-hydrogen) atoms. The van der Waals surface area contributed by atoms with Gasteiger partial charge in [-0.05, 0) is 19.4 Å². The van der Waals surface area contributed by atoms with E-state index in [4.69, 9.17) is 9.47 Å². The Labute approximate surface area is 105 Å². The van der Waals surface area contributed by atoms with Crippen molar-refractivity contribution in [1.29, 1.82) is 0 Å². The smallest absolute Gasteiger partial charge is 0.413 e. The average molecular weight is 249 g/mol. The first kappa shape index (κ1) is 12.4. The molecule has 0 saturated carbocycles. The number of cyclic esters (lactones) is 1. The molecule has 1 fully saturated rings. The summed E-state index contributed by atoms with van der Waals surface area (Å²) in [6.45, 7) is 3.39. The number of hydrogen-bond donors (Lipinski definition) is 0. The first-order valence-electron chi connectivity index (χ1n) is 5.67. The highest BCUT2D eigenvalue weighted by atomic mass is 16.6. The number of rotatable bonds is 2. The van der Waals surface area contributed by atoms with Crippen molar-refractivity contribution in [2.45, 2.75) is 26.0 Å². The van der Waals surface area contributed by atoms with Gasteiger partial charge < -0.3 is 9.47 Å². The molecule has 1 aliphatic rings. The zero-order valence-corrected chi connectivity index (χ0v) is 10.4. The molecule has 5 heteroatoms. The summed E-state index contributed by atoms with van der Waals surface area (Å²) < 4.78 is 9.99. The third-order valence-electron chi connectivity index (χ3n) is 2.92. The van der Waals surface area contributed by atoms with Gasteiger partial charge in [0.15, 0.2) is 6.73 Å². The fraction of sp³-hybridized carbons (Fsp3) is 0.385. The molecule has 0 radical (unpaired) electrons. The molecule has 0 unspecified atom stereocenters. The van der Waals surface area contributed by atoms with E-state index in [2.05, 4.69) is 0 Å². The molecule has 1 aromatic rings. The molecule has 0 atom stereocenters. The maximum absolute atomic E-state index is 11.9. The second-order valence-corrected chi connectivity index (χ2v) is 4.59. The molecule has 5 nitrogen and oxygen atoms in total. The lowest BCUT2D eigenvalue weighted by atomic mass is 10.1. The number of nitrogens with zero attached hydrogens (tertiary/aromatic N) is 1. The SMILES string of the molecule is CC1(C)C(=O)OCN1C(=O)OCc1ccccc1. The van der Waals surface area contributed by atoms with E-state index in [9.17, 15) is 9.59 Å². The van der Waals surface area contributed by atoms with Crippen molar-refractivity contribution in [3.8, 4) is 0 Å². The van der Waals surface area contributed by atoms with Gasteiger partial charge in [0.2, 0.25) is 0 Å². The minimum Gasteiger partial charge on any atom is -0.444 e. The van der Waals surface area contributed by atoms with Gasteiger partial charge in [-0.1, -0.05) is 30.3 Å². The molecule has 0 N–H and O–H groups in total. The second-order valence-electron chi connectivity index (χ2n) is 4.59. The Balaban J connectivity index is 1.95. The zero-order chi connectivity index (χ0) is 13.2. The van der Waals surface area contributed by atoms with E-state index < -0.39 is 17.6 Å². The zero-order valence-electron chi connectivity index (χ0n) is 10.4. The predicted molar refractivity (Wildman–Crippen MR) is 63.5 cm³/mol. The molecule has 1 heterocycles. The van der Waals surface area contributed by atoms with Crippen molar-refractivity contribution in [2.75, 3.05) is 6.73 Å². The molecular weight excluding hydrogens is 234 g/mol. The van der Waals surface area contributed by atoms with E-state index in [1.165, 1.54) is 4.90 Å². The number of esters is 1. The third kappa shape index (κ3) is 2.30. The Morgan fingerprint density at radius 3 is 2.61 bits per heavy atom. The molecule has 96 valence electrons. The van der Waals surface area contributed by atoms with Gasteiger partial charge in [0, 0.05) is 0 Å². The number of amides is 1. The minimum absolute atomic E-state index is 0.0561. The Morgan fingerprint density at radius 2 is 2.06 bits per heavy atom. The van der Waals surface area contributed by atoms with E-state index in [1.807, 2.05) is 30.3 Å². The molecule has 1 aliphatic heterocycles. The molecule has 0 aliphatic carbocycles. The van der Waals surface area contributed by atoms with Gasteiger partial charge in [-0.15, -0.1) is 0 Å². The van der Waals surface area contributed by atoms with E-state index in [-0.39, 0.29) is 13.3 Å². The largest absolute Gasteiger partial charge is 0.444 e. The van der Waals surface area contributed by atoms with Crippen LogP contribution < -0.4 is 0 Å². The highest BCUT2D eigenvalue weighted by molar-refractivity contribution is 5.87.